The largest absolute Gasteiger partial charge is 0.466 e. The maximum Gasteiger partial charge on any atom is 0.309 e. The van der Waals surface area contributed by atoms with E-state index in [1.807, 2.05) is 4.90 Å². The number of piperidine rings is 1. The summed E-state index contributed by atoms with van der Waals surface area (Å²) in [6.45, 7) is 3.68. The van der Waals surface area contributed by atoms with Gasteiger partial charge in [-0.3, -0.25) is 24.6 Å². The summed E-state index contributed by atoms with van der Waals surface area (Å²) in [4.78, 5) is 36.1. The zero-order valence-electron chi connectivity index (χ0n) is 13.9. The molecule has 1 aromatic carbocycles. The zero-order valence-corrected chi connectivity index (χ0v) is 15.5. The van der Waals surface area contributed by atoms with E-state index in [4.69, 9.17) is 4.74 Å². The van der Waals surface area contributed by atoms with Gasteiger partial charge in [-0.25, -0.2) is 0 Å². The quantitative estimate of drug-likeness (QED) is 0.436. The van der Waals surface area contributed by atoms with Crippen LogP contribution in [0.4, 0.5) is 11.4 Å². The van der Waals surface area contributed by atoms with Crippen LogP contribution in [0.5, 0.6) is 0 Å². The van der Waals surface area contributed by atoms with Crippen LogP contribution >= 0.6 is 15.9 Å². The molecular formula is C16H20BrN3O5. The third-order valence-electron chi connectivity index (χ3n) is 4.01. The number of likely N-dealkylation sites (tertiary alicyclic amines) is 1. The van der Waals surface area contributed by atoms with Gasteiger partial charge in [-0.2, -0.15) is 0 Å². The van der Waals surface area contributed by atoms with Crippen molar-refractivity contribution in [2.24, 2.45) is 5.92 Å². The van der Waals surface area contributed by atoms with Gasteiger partial charge in [0.05, 0.1) is 29.7 Å². The van der Waals surface area contributed by atoms with Crippen molar-refractivity contribution in [3.8, 4) is 0 Å². The molecule has 1 aliphatic rings. The molecule has 1 aliphatic heterocycles. The second-order valence-corrected chi connectivity index (χ2v) is 6.63. The molecule has 1 heterocycles. The van der Waals surface area contributed by atoms with Crippen molar-refractivity contribution in [1.29, 1.82) is 0 Å². The Hall–Kier alpha value is -2.00. The van der Waals surface area contributed by atoms with Crippen LogP contribution in [0, 0.1) is 16.0 Å². The predicted molar refractivity (Wildman–Crippen MR) is 95.2 cm³/mol. The number of nitro benzene ring substituents is 1. The Morgan fingerprint density at radius 2 is 2.08 bits per heavy atom. The lowest BCUT2D eigenvalue weighted by atomic mass is 9.97. The number of ether oxygens (including phenoxy) is 1. The average molecular weight is 414 g/mol. The molecule has 1 fully saturated rings. The summed E-state index contributed by atoms with van der Waals surface area (Å²) in [6, 6.07) is 4.18. The molecule has 9 heteroatoms. The van der Waals surface area contributed by atoms with Crippen molar-refractivity contribution in [3.63, 3.8) is 0 Å². The van der Waals surface area contributed by atoms with Crippen LogP contribution in [0.25, 0.3) is 0 Å². The number of hydrogen-bond donors (Lipinski definition) is 1. The number of rotatable bonds is 6. The fourth-order valence-electron chi connectivity index (χ4n) is 2.70. The minimum Gasteiger partial charge on any atom is -0.466 e. The van der Waals surface area contributed by atoms with Gasteiger partial charge in [-0.1, -0.05) is 0 Å². The summed E-state index contributed by atoms with van der Waals surface area (Å²) in [7, 11) is 0. The number of carbonyl (C=O) groups excluding carboxylic acids is 2. The van der Waals surface area contributed by atoms with Gasteiger partial charge in [0, 0.05) is 16.6 Å². The Balaban J connectivity index is 1.83. The summed E-state index contributed by atoms with van der Waals surface area (Å²) in [5.41, 5.74) is 0.433. The predicted octanol–water partition coefficient (Wildman–Crippen LogP) is 2.57. The molecule has 2 rings (SSSR count). The first-order chi connectivity index (χ1) is 11.9. The molecule has 1 N–H and O–H groups in total. The molecule has 0 radical (unpaired) electrons. The van der Waals surface area contributed by atoms with Crippen molar-refractivity contribution >= 4 is 39.2 Å². The number of nitrogens with zero attached hydrogens (tertiary/aromatic N) is 2. The van der Waals surface area contributed by atoms with Crippen LogP contribution in [0.1, 0.15) is 19.8 Å². The number of nitrogens with one attached hydrogen (secondary N) is 1. The third-order valence-corrected chi connectivity index (χ3v) is 4.67. The lowest BCUT2D eigenvalue weighted by Crippen LogP contribution is -2.41. The maximum atomic E-state index is 12.2. The first-order valence-electron chi connectivity index (χ1n) is 8.03. The number of carbonyl (C=O) groups is 2. The molecule has 1 amide bonds. The SMILES string of the molecule is CCOC(=O)C1CCN(CC(=O)Nc2ccc([N+](=O)[O-])cc2Br)CC1. The van der Waals surface area contributed by atoms with Gasteiger partial charge in [-0.15, -0.1) is 0 Å². The summed E-state index contributed by atoms with van der Waals surface area (Å²) >= 11 is 3.22. The van der Waals surface area contributed by atoms with E-state index in [1.54, 1.807) is 6.92 Å². The first-order valence-corrected chi connectivity index (χ1v) is 8.82. The van der Waals surface area contributed by atoms with Crippen LogP contribution < -0.4 is 5.32 Å². The normalized spacial score (nSPS) is 15.6. The average Bonchev–Trinajstić information content (AvgIpc) is 2.57. The summed E-state index contributed by atoms with van der Waals surface area (Å²) in [5, 5.41) is 13.5. The van der Waals surface area contributed by atoms with Gasteiger partial charge in [0.2, 0.25) is 5.91 Å². The van der Waals surface area contributed by atoms with E-state index in [-0.39, 0.29) is 30.0 Å². The molecule has 0 saturated carbocycles. The number of esters is 1. The highest BCUT2D eigenvalue weighted by Crippen LogP contribution is 2.27. The van der Waals surface area contributed by atoms with Gasteiger partial charge < -0.3 is 10.1 Å². The molecule has 0 spiro atoms. The van der Waals surface area contributed by atoms with Gasteiger partial charge in [0.1, 0.15) is 0 Å². The van der Waals surface area contributed by atoms with E-state index < -0.39 is 4.92 Å². The van der Waals surface area contributed by atoms with Gasteiger partial charge in [-0.05, 0) is 54.9 Å². The van der Waals surface area contributed by atoms with Crippen LogP contribution in [0.15, 0.2) is 22.7 Å². The minimum atomic E-state index is -0.496. The van der Waals surface area contributed by atoms with Gasteiger partial charge in [0.25, 0.3) is 5.69 Å². The Morgan fingerprint density at radius 3 is 2.64 bits per heavy atom. The molecule has 0 atom stereocenters. The van der Waals surface area contributed by atoms with Crippen LogP contribution in [-0.2, 0) is 14.3 Å². The molecule has 0 aromatic heterocycles. The smallest absolute Gasteiger partial charge is 0.309 e. The standard InChI is InChI=1S/C16H20BrN3O5/c1-2-25-16(22)11-5-7-19(8-6-11)10-15(21)18-14-4-3-12(20(23)24)9-13(14)17/h3-4,9,11H,2,5-8,10H2,1H3,(H,18,21). The Bertz CT molecular complexity index is 659. The van der Waals surface area contributed by atoms with Crippen LogP contribution in [0.3, 0.4) is 0 Å². The number of hydrogen-bond acceptors (Lipinski definition) is 6. The second kappa shape index (κ2) is 8.91. The lowest BCUT2D eigenvalue weighted by molar-refractivity contribution is -0.384. The Morgan fingerprint density at radius 1 is 1.40 bits per heavy atom. The summed E-state index contributed by atoms with van der Waals surface area (Å²) in [5.74, 6) is -0.464. The van der Waals surface area contributed by atoms with Crippen molar-refractivity contribution in [3.05, 3.63) is 32.8 Å². The summed E-state index contributed by atoms with van der Waals surface area (Å²) < 4.78 is 5.48. The van der Waals surface area contributed by atoms with Crippen LogP contribution in [-0.4, -0.2) is 47.9 Å². The zero-order chi connectivity index (χ0) is 18.4. The monoisotopic (exact) mass is 413 g/mol. The number of nitro groups is 1. The molecule has 0 bridgehead atoms. The van der Waals surface area contributed by atoms with Crippen molar-refractivity contribution in [2.75, 3.05) is 31.6 Å². The number of halogens is 1. The Labute approximate surface area is 153 Å². The van der Waals surface area contributed by atoms with Gasteiger partial charge >= 0.3 is 5.97 Å². The molecule has 8 nitrogen and oxygen atoms in total. The Kier molecular flexibility index (Phi) is 6.89. The highest BCUT2D eigenvalue weighted by molar-refractivity contribution is 9.10. The number of benzene rings is 1. The van der Waals surface area contributed by atoms with Gasteiger partial charge in [0.15, 0.2) is 0 Å². The minimum absolute atomic E-state index is 0.0501. The van der Waals surface area contributed by atoms with E-state index in [9.17, 15) is 19.7 Å². The number of non-ortho nitro benzene ring substituents is 1. The molecular weight excluding hydrogens is 394 g/mol. The molecule has 0 aliphatic carbocycles. The number of anilines is 1. The topological polar surface area (TPSA) is 102 Å². The molecule has 25 heavy (non-hydrogen) atoms. The fraction of sp³-hybridized carbons (Fsp3) is 0.500. The van der Waals surface area contributed by atoms with E-state index in [0.29, 0.717) is 42.7 Å². The van der Waals surface area contributed by atoms with E-state index in [2.05, 4.69) is 21.2 Å². The highest BCUT2D eigenvalue weighted by atomic mass is 79.9. The molecule has 0 unspecified atom stereocenters. The maximum absolute atomic E-state index is 12.2. The lowest BCUT2D eigenvalue weighted by Gasteiger charge is -2.30. The molecule has 1 aromatic rings. The van der Waals surface area contributed by atoms with Crippen LogP contribution in [0.2, 0.25) is 0 Å². The van der Waals surface area contributed by atoms with E-state index in [0.717, 1.165) is 0 Å². The summed E-state index contributed by atoms with van der Waals surface area (Å²) in [6.07, 6.45) is 1.35. The number of amides is 1. The molecule has 136 valence electrons. The van der Waals surface area contributed by atoms with E-state index in [1.165, 1.54) is 18.2 Å². The first kappa shape index (κ1) is 19.3. The highest BCUT2D eigenvalue weighted by Gasteiger charge is 2.26. The van der Waals surface area contributed by atoms with Crippen molar-refractivity contribution in [2.45, 2.75) is 19.8 Å². The third kappa shape index (κ3) is 5.50. The van der Waals surface area contributed by atoms with Crippen molar-refractivity contribution in [1.82, 2.24) is 4.90 Å². The molecule has 1 saturated heterocycles. The second-order valence-electron chi connectivity index (χ2n) is 5.77. The van der Waals surface area contributed by atoms with E-state index >= 15 is 0 Å². The fourth-order valence-corrected chi connectivity index (χ4v) is 3.16. The van der Waals surface area contributed by atoms with Crippen molar-refractivity contribution < 1.29 is 19.2 Å².